The topological polar surface area (TPSA) is 52.7 Å². The first kappa shape index (κ1) is 16.4. The smallest absolute Gasteiger partial charge is 0.255 e. The Bertz CT molecular complexity index is 625. The Kier molecular flexibility index (Phi) is 4.96. The Morgan fingerprint density at radius 1 is 1.35 bits per heavy atom. The van der Waals surface area contributed by atoms with E-state index < -0.39 is 5.82 Å². The normalized spacial score (nSPS) is 22.3. The average molecular weight is 384 g/mol. The molecule has 2 heterocycles. The van der Waals surface area contributed by atoms with Crippen molar-refractivity contribution in [3.8, 4) is 0 Å². The minimum absolute atomic E-state index is 0.0506. The van der Waals surface area contributed by atoms with Gasteiger partial charge in [0.1, 0.15) is 5.82 Å². The van der Waals surface area contributed by atoms with Gasteiger partial charge in [0.05, 0.1) is 12.1 Å². The number of carbonyl (C=O) groups excluding carboxylic acids is 2. The summed E-state index contributed by atoms with van der Waals surface area (Å²) in [5.74, 6) is -0.534. The lowest BCUT2D eigenvalue weighted by Gasteiger charge is -2.41. The first-order valence-electron chi connectivity index (χ1n) is 7.81. The second-order valence-corrected chi connectivity index (χ2v) is 6.79. The lowest BCUT2D eigenvalue weighted by atomic mass is 10.0. The monoisotopic (exact) mass is 383 g/mol. The molecule has 0 saturated carbocycles. The molecule has 124 valence electrons. The van der Waals surface area contributed by atoms with Crippen LogP contribution >= 0.6 is 15.9 Å². The van der Waals surface area contributed by atoms with Crippen LogP contribution in [-0.4, -0.2) is 60.4 Å². The molecule has 1 N–H and O–H groups in total. The van der Waals surface area contributed by atoms with E-state index in [0.29, 0.717) is 36.2 Å². The fourth-order valence-corrected chi connectivity index (χ4v) is 3.65. The molecule has 0 aromatic heterocycles. The van der Waals surface area contributed by atoms with Gasteiger partial charge in [0.2, 0.25) is 5.91 Å². The van der Waals surface area contributed by atoms with Crippen molar-refractivity contribution in [1.29, 1.82) is 0 Å². The van der Waals surface area contributed by atoms with Gasteiger partial charge in [-0.25, -0.2) is 4.39 Å². The number of hydrogen-bond donors (Lipinski definition) is 1. The number of nitrogens with one attached hydrogen (secondary N) is 1. The van der Waals surface area contributed by atoms with E-state index in [1.165, 1.54) is 12.1 Å². The molecule has 1 unspecified atom stereocenters. The van der Waals surface area contributed by atoms with Crippen LogP contribution in [0.3, 0.4) is 0 Å². The molecule has 2 aliphatic heterocycles. The maximum absolute atomic E-state index is 13.4. The highest BCUT2D eigenvalue weighted by molar-refractivity contribution is 9.10. The summed E-state index contributed by atoms with van der Waals surface area (Å²) in [4.78, 5) is 28.3. The maximum Gasteiger partial charge on any atom is 0.255 e. The summed E-state index contributed by atoms with van der Waals surface area (Å²) >= 11 is 3.31. The molecule has 0 radical (unpaired) electrons. The van der Waals surface area contributed by atoms with E-state index in [0.717, 1.165) is 19.4 Å². The molecule has 3 rings (SSSR count). The van der Waals surface area contributed by atoms with Crippen molar-refractivity contribution in [2.24, 2.45) is 0 Å². The van der Waals surface area contributed by atoms with Crippen LogP contribution in [0.15, 0.2) is 22.7 Å². The van der Waals surface area contributed by atoms with Crippen molar-refractivity contribution in [2.45, 2.75) is 18.9 Å². The van der Waals surface area contributed by atoms with E-state index in [4.69, 9.17) is 0 Å². The number of likely N-dealkylation sites (tertiary alicyclic amines) is 1. The third-order valence-corrected chi connectivity index (χ3v) is 5.10. The van der Waals surface area contributed by atoms with Crippen LogP contribution in [0.2, 0.25) is 0 Å². The van der Waals surface area contributed by atoms with Gasteiger partial charge in [0, 0.05) is 36.7 Å². The Balaban J connectivity index is 1.74. The number of benzene rings is 1. The average Bonchev–Trinajstić information content (AvgIpc) is 2.57. The molecule has 2 amide bonds. The number of rotatable bonds is 2. The standard InChI is InChI=1S/C16H19BrFN3O2/c17-14-4-3-11(18)8-13(14)16(23)20-6-1-2-12(10-20)21-7-5-19-9-15(21)22/h3-4,8,12,19H,1-2,5-7,9-10H2. The minimum atomic E-state index is -0.428. The van der Waals surface area contributed by atoms with Gasteiger partial charge in [-0.15, -0.1) is 0 Å². The summed E-state index contributed by atoms with van der Waals surface area (Å²) in [5.41, 5.74) is 0.331. The summed E-state index contributed by atoms with van der Waals surface area (Å²) in [7, 11) is 0. The van der Waals surface area contributed by atoms with Crippen LogP contribution in [0.25, 0.3) is 0 Å². The summed E-state index contributed by atoms with van der Waals surface area (Å²) in [6.07, 6.45) is 1.75. The van der Waals surface area contributed by atoms with Crippen molar-refractivity contribution < 1.29 is 14.0 Å². The molecule has 2 fully saturated rings. The highest BCUT2D eigenvalue weighted by atomic mass is 79.9. The van der Waals surface area contributed by atoms with E-state index in [9.17, 15) is 14.0 Å². The van der Waals surface area contributed by atoms with Crippen LogP contribution in [-0.2, 0) is 4.79 Å². The first-order valence-corrected chi connectivity index (χ1v) is 8.60. The second kappa shape index (κ2) is 6.97. The van der Waals surface area contributed by atoms with Gasteiger partial charge < -0.3 is 15.1 Å². The summed E-state index contributed by atoms with van der Waals surface area (Å²) in [6, 6.07) is 4.17. The summed E-state index contributed by atoms with van der Waals surface area (Å²) < 4.78 is 14.0. The molecule has 1 aromatic rings. The van der Waals surface area contributed by atoms with E-state index in [1.54, 1.807) is 11.0 Å². The Labute approximate surface area is 142 Å². The number of nitrogens with zero attached hydrogens (tertiary/aromatic N) is 2. The quantitative estimate of drug-likeness (QED) is 0.844. The van der Waals surface area contributed by atoms with Crippen molar-refractivity contribution in [2.75, 3.05) is 32.7 Å². The molecule has 23 heavy (non-hydrogen) atoms. The highest BCUT2D eigenvalue weighted by Gasteiger charge is 2.32. The molecule has 5 nitrogen and oxygen atoms in total. The van der Waals surface area contributed by atoms with Gasteiger partial charge in [0.15, 0.2) is 0 Å². The van der Waals surface area contributed by atoms with Crippen LogP contribution in [0, 0.1) is 5.82 Å². The van der Waals surface area contributed by atoms with Gasteiger partial charge >= 0.3 is 0 Å². The van der Waals surface area contributed by atoms with Crippen molar-refractivity contribution >= 4 is 27.7 Å². The Morgan fingerprint density at radius 2 is 2.17 bits per heavy atom. The van der Waals surface area contributed by atoms with Gasteiger partial charge in [-0.3, -0.25) is 9.59 Å². The van der Waals surface area contributed by atoms with Crippen LogP contribution < -0.4 is 5.32 Å². The zero-order valence-electron chi connectivity index (χ0n) is 12.7. The van der Waals surface area contributed by atoms with Crippen molar-refractivity contribution in [1.82, 2.24) is 15.1 Å². The van der Waals surface area contributed by atoms with E-state index in [2.05, 4.69) is 21.2 Å². The van der Waals surface area contributed by atoms with Crippen LogP contribution in [0.1, 0.15) is 23.2 Å². The molecule has 2 aliphatic rings. The molecule has 2 saturated heterocycles. The third-order valence-electron chi connectivity index (χ3n) is 4.41. The molecular formula is C16H19BrFN3O2. The second-order valence-electron chi connectivity index (χ2n) is 5.94. The largest absolute Gasteiger partial charge is 0.337 e. The molecule has 0 bridgehead atoms. The van der Waals surface area contributed by atoms with Gasteiger partial charge in [0.25, 0.3) is 5.91 Å². The zero-order valence-corrected chi connectivity index (χ0v) is 14.3. The molecular weight excluding hydrogens is 365 g/mol. The maximum atomic E-state index is 13.4. The van der Waals surface area contributed by atoms with Gasteiger partial charge in [-0.2, -0.15) is 0 Å². The minimum Gasteiger partial charge on any atom is -0.337 e. The third kappa shape index (κ3) is 3.55. The van der Waals surface area contributed by atoms with Crippen molar-refractivity contribution in [3.05, 3.63) is 34.1 Å². The molecule has 7 heteroatoms. The van der Waals surface area contributed by atoms with E-state index >= 15 is 0 Å². The van der Waals surface area contributed by atoms with Crippen LogP contribution in [0.4, 0.5) is 4.39 Å². The fraction of sp³-hybridized carbons (Fsp3) is 0.500. The molecule has 0 aliphatic carbocycles. The fourth-order valence-electron chi connectivity index (χ4n) is 3.23. The first-order chi connectivity index (χ1) is 11.1. The zero-order chi connectivity index (χ0) is 16.4. The number of amides is 2. The number of piperidine rings is 1. The van der Waals surface area contributed by atoms with Crippen LogP contribution in [0.5, 0.6) is 0 Å². The Morgan fingerprint density at radius 3 is 2.96 bits per heavy atom. The summed E-state index contributed by atoms with van der Waals surface area (Å²) in [5, 5.41) is 3.06. The number of hydrogen-bond acceptors (Lipinski definition) is 3. The van der Waals surface area contributed by atoms with E-state index in [-0.39, 0.29) is 17.9 Å². The van der Waals surface area contributed by atoms with E-state index in [1.807, 2.05) is 4.90 Å². The molecule has 1 aromatic carbocycles. The predicted molar refractivity (Wildman–Crippen MR) is 87.6 cm³/mol. The molecule has 0 spiro atoms. The highest BCUT2D eigenvalue weighted by Crippen LogP contribution is 2.23. The van der Waals surface area contributed by atoms with Gasteiger partial charge in [-0.05, 0) is 47.0 Å². The lowest BCUT2D eigenvalue weighted by Crippen LogP contribution is -2.57. The Hall–Kier alpha value is -1.47. The SMILES string of the molecule is O=C(c1cc(F)ccc1Br)N1CCCC(N2CCNCC2=O)C1. The molecule has 1 atom stereocenters. The lowest BCUT2D eigenvalue weighted by molar-refractivity contribution is -0.135. The van der Waals surface area contributed by atoms with Crippen molar-refractivity contribution in [3.63, 3.8) is 0 Å². The number of carbonyl (C=O) groups is 2. The number of piperazine rings is 1. The predicted octanol–water partition coefficient (Wildman–Crippen LogP) is 1.62. The van der Waals surface area contributed by atoms with Gasteiger partial charge in [-0.1, -0.05) is 0 Å². The number of halogens is 2. The summed E-state index contributed by atoms with van der Waals surface area (Å²) in [6.45, 7) is 2.97.